The second-order valence-electron chi connectivity index (χ2n) is 3.90. The second-order valence-corrected chi connectivity index (χ2v) is 4.82. The molecule has 2 rings (SSSR count). The van der Waals surface area contributed by atoms with Crippen molar-refractivity contribution in [2.45, 2.75) is 6.54 Å². The van der Waals surface area contributed by atoms with Gasteiger partial charge in [0.15, 0.2) is 5.82 Å². The van der Waals surface area contributed by atoms with Crippen LogP contribution in [0, 0.1) is 15.9 Å². The average molecular weight is 341 g/mol. The normalized spacial score (nSPS) is 10.3. The first-order valence-corrected chi connectivity index (χ1v) is 6.41. The van der Waals surface area contributed by atoms with Gasteiger partial charge in [0.25, 0.3) is 0 Å². The van der Waals surface area contributed by atoms with Gasteiger partial charge in [-0.15, -0.1) is 0 Å². The van der Waals surface area contributed by atoms with Crippen molar-refractivity contribution in [1.29, 1.82) is 0 Å². The third-order valence-corrected chi connectivity index (χ3v) is 3.10. The monoisotopic (exact) mass is 340 g/mol. The summed E-state index contributed by atoms with van der Waals surface area (Å²) in [4.78, 5) is 10.2. The predicted molar refractivity (Wildman–Crippen MR) is 75.2 cm³/mol. The van der Waals surface area contributed by atoms with E-state index in [0.717, 1.165) is 6.07 Å². The van der Waals surface area contributed by atoms with E-state index in [4.69, 9.17) is 10.5 Å². The van der Waals surface area contributed by atoms with Gasteiger partial charge in [-0.05, 0) is 18.2 Å². The molecular weight excluding hydrogens is 331 g/mol. The largest absolute Gasteiger partial charge is 0.447 e. The lowest BCUT2D eigenvalue weighted by molar-refractivity contribution is -0.385. The Kier molecular flexibility index (Phi) is 4.31. The zero-order chi connectivity index (χ0) is 14.7. The summed E-state index contributed by atoms with van der Waals surface area (Å²) in [6.45, 7) is 0.171. The summed E-state index contributed by atoms with van der Waals surface area (Å²) in [7, 11) is 0. The van der Waals surface area contributed by atoms with Crippen molar-refractivity contribution >= 4 is 21.6 Å². The van der Waals surface area contributed by atoms with E-state index in [1.807, 2.05) is 0 Å². The molecule has 0 aromatic heterocycles. The molecule has 0 aliphatic heterocycles. The van der Waals surface area contributed by atoms with Gasteiger partial charge < -0.3 is 10.5 Å². The fourth-order valence-corrected chi connectivity index (χ4v) is 1.98. The molecule has 0 heterocycles. The highest BCUT2D eigenvalue weighted by atomic mass is 79.9. The lowest BCUT2D eigenvalue weighted by Gasteiger charge is -2.11. The number of hydrogen-bond acceptors (Lipinski definition) is 4. The fraction of sp³-hybridized carbons (Fsp3) is 0.0769. The van der Waals surface area contributed by atoms with E-state index in [0.29, 0.717) is 10.0 Å². The van der Waals surface area contributed by atoms with Gasteiger partial charge in [-0.3, -0.25) is 10.1 Å². The summed E-state index contributed by atoms with van der Waals surface area (Å²) in [5, 5.41) is 10.9. The Labute approximate surface area is 122 Å². The Morgan fingerprint density at radius 1 is 1.35 bits per heavy atom. The van der Waals surface area contributed by atoms with Crippen molar-refractivity contribution < 1.29 is 14.1 Å². The number of rotatable bonds is 4. The SMILES string of the molecule is NCc1ccc(Br)cc1Oc1c(F)cccc1[N+](=O)[O-]. The van der Waals surface area contributed by atoms with Crippen LogP contribution in [0.2, 0.25) is 0 Å². The predicted octanol–water partition coefficient (Wildman–Crippen LogP) is 3.75. The summed E-state index contributed by atoms with van der Waals surface area (Å²) in [5.74, 6) is -0.956. The van der Waals surface area contributed by atoms with Crippen molar-refractivity contribution in [3.63, 3.8) is 0 Å². The summed E-state index contributed by atoms with van der Waals surface area (Å²) in [6, 6.07) is 8.57. The van der Waals surface area contributed by atoms with Crippen molar-refractivity contribution in [1.82, 2.24) is 0 Å². The number of nitro benzene ring substituents is 1. The average Bonchev–Trinajstić information content (AvgIpc) is 2.41. The first-order valence-electron chi connectivity index (χ1n) is 5.62. The maximum atomic E-state index is 13.8. The molecule has 20 heavy (non-hydrogen) atoms. The van der Waals surface area contributed by atoms with E-state index in [1.54, 1.807) is 18.2 Å². The minimum absolute atomic E-state index is 0.171. The molecule has 2 N–H and O–H groups in total. The molecule has 0 amide bonds. The molecule has 7 heteroatoms. The number of para-hydroxylation sites is 1. The van der Waals surface area contributed by atoms with Crippen LogP contribution >= 0.6 is 15.9 Å². The van der Waals surface area contributed by atoms with Crippen molar-refractivity contribution in [3.05, 3.63) is 62.4 Å². The molecule has 0 spiro atoms. The molecule has 0 saturated heterocycles. The highest BCUT2D eigenvalue weighted by molar-refractivity contribution is 9.10. The standard InChI is InChI=1S/C13H10BrFN2O3/c14-9-5-4-8(7-16)12(6-9)20-13-10(15)2-1-3-11(13)17(18)19/h1-6H,7,16H2. The Morgan fingerprint density at radius 2 is 2.10 bits per heavy atom. The zero-order valence-corrected chi connectivity index (χ0v) is 11.8. The van der Waals surface area contributed by atoms with Crippen LogP contribution in [-0.4, -0.2) is 4.92 Å². The molecule has 0 aliphatic rings. The molecule has 0 saturated carbocycles. The van der Waals surface area contributed by atoms with Crippen LogP contribution in [0.3, 0.4) is 0 Å². The lowest BCUT2D eigenvalue weighted by Crippen LogP contribution is -2.01. The van der Waals surface area contributed by atoms with E-state index >= 15 is 0 Å². The Bertz CT molecular complexity index is 664. The van der Waals surface area contributed by atoms with Gasteiger partial charge >= 0.3 is 5.69 Å². The van der Waals surface area contributed by atoms with Crippen LogP contribution in [0.15, 0.2) is 40.9 Å². The van der Waals surface area contributed by atoms with Crippen LogP contribution in [0.25, 0.3) is 0 Å². The lowest BCUT2D eigenvalue weighted by atomic mass is 10.2. The minimum Gasteiger partial charge on any atom is -0.447 e. The molecular formula is C13H10BrFN2O3. The zero-order valence-electron chi connectivity index (χ0n) is 10.2. The van der Waals surface area contributed by atoms with Gasteiger partial charge in [-0.1, -0.05) is 28.1 Å². The number of nitro groups is 1. The Hall–Kier alpha value is -1.99. The number of ether oxygens (including phenoxy) is 1. The quantitative estimate of drug-likeness (QED) is 0.679. The van der Waals surface area contributed by atoms with Crippen LogP contribution in [0.5, 0.6) is 11.5 Å². The van der Waals surface area contributed by atoms with E-state index in [9.17, 15) is 14.5 Å². The van der Waals surface area contributed by atoms with Crippen LogP contribution in [0.4, 0.5) is 10.1 Å². The first-order chi connectivity index (χ1) is 9.52. The summed E-state index contributed by atoms with van der Waals surface area (Å²) >= 11 is 3.26. The smallest absolute Gasteiger partial charge is 0.314 e. The minimum atomic E-state index is -0.804. The van der Waals surface area contributed by atoms with Gasteiger partial charge in [0, 0.05) is 22.6 Å². The Morgan fingerprint density at radius 3 is 2.75 bits per heavy atom. The van der Waals surface area contributed by atoms with Crippen molar-refractivity contribution in [2.24, 2.45) is 5.73 Å². The summed E-state index contributed by atoms with van der Waals surface area (Å²) in [6.07, 6.45) is 0. The van der Waals surface area contributed by atoms with Gasteiger partial charge in [0.1, 0.15) is 5.75 Å². The van der Waals surface area contributed by atoms with Gasteiger partial charge in [0.05, 0.1) is 4.92 Å². The molecule has 0 bridgehead atoms. The number of nitrogens with two attached hydrogens (primary N) is 1. The second kappa shape index (κ2) is 5.98. The number of benzene rings is 2. The van der Waals surface area contributed by atoms with E-state index < -0.39 is 22.2 Å². The maximum absolute atomic E-state index is 13.8. The maximum Gasteiger partial charge on any atom is 0.314 e. The number of halogens is 2. The molecule has 2 aromatic carbocycles. The van der Waals surface area contributed by atoms with Gasteiger partial charge in [-0.2, -0.15) is 0 Å². The van der Waals surface area contributed by atoms with Crippen molar-refractivity contribution in [2.75, 3.05) is 0 Å². The molecule has 5 nitrogen and oxygen atoms in total. The van der Waals surface area contributed by atoms with Crippen LogP contribution in [-0.2, 0) is 6.54 Å². The molecule has 0 unspecified atom stereocenters. The summed E-state index contributed by atoms with van der Waals surface area (Å²) in [5.41, 5.74) is 5.75. The van der Waals surface area contributed by atoms with Crippen LogP contribution in [0.1, 0.15) is 5.56 Å². The topological polar surface area (TPSA) is 78.4 Å². The van der Waals surface area contributed by atoms with E-state index in [-0.39, 0.29) is 12.3 Å². The molecule has 2 aromatic rings. The number of nitrogens with zero attached hydrogens (tertiary/aromatic N) is 1. The van der Waals surface area contributed by atoms with Gasteiger partial charge in [0.2, 0.25) is 5.75 Å². The molecule has 0 aliphatic carbocycles. The highest BCUT2D eigenvalue weighted by Gasteiger charge is 2.21. The first kappa shape index (κ1) is 14.4. The molecule has 0 fully saturated rings. The fourth-order valence-electron chi connectivity index (χ4n) is 1.64. The Balaban J connectivity index is 2.50. The third-order valence-electron chi connectivity index (χ3n) is 2.60. The third kappa shape index (κ3) is 2.94. The van der Waals surface area contributed by atoms with Gasteiger partial charge in [-0.25, -0.2) is 4.39 Å². The van der Waals surface area contributed by atoms with E-state index in [2.05, 4.69) is 15.9 Å². The molecule has 0 atom stereocenters. The van der Waals surface area contributed by atoms with Crippen LogP contribution < -0.4 is 10.5 Å². The molecule has 0 radical (unpaired) electrons. The van der Waals surface area contributed by atoms with Crippen molar-refractivity contribution in [3.8, 4) is 11.5 Å². The van der Waals surface area contributed by atoms with E-state index in [1.165, 1.54) is 12.1 Å². The highest BCUT2D eigenvalue weighted by Crippen LogP contribution is 2.36. The number of hydrogen-bond donors (Lipinski definition) is 1. The molecule has 104 valence electrons. The summed E-state index contributed by atoms with van der Waals surface area (Å²) < 4.78 is 19.8.